The Morgan fingerprint density at radius 2 is 1.89 bits per heavy atom. The third-order valence-electron chi connectivity index (χ3n) is 1.88. The van der Waals surface area contributed by atoms with Gasteiger partial charge in [-0.05, 0) is 24.3 Å². The molecule has 2 rings (SSSR count). The van der Waals surface area contributed by atoms with Crippen LogP contribution in [0.25, 0.3) is 11.4 Å². The third-order valence-corrected chi connectivity index (χ3v) is 3.02. The molecule has 0 bridgehead atoms. The minimum absolute atomic E-state index is 0. The van der Waals surface area contributed by atoms with Crippen molar-refractivity contribution in [1.29, 1.82) is 0 Å². The van der Waals surface area contributed by atoms with Gasteiger partial charge in [0.05, 0.1) is 0 Å². The SMILES string of the molecule is O=S(=O)(O)Cc1nc(-c2ccc(Br)cc2)no1.[NaH]. The zero-order chi connectivity index (χ0) is 12.5. The van der Waals surface area contributed by atoms with E-state index in [4.69, 9.17) is 9.08 Å². The Morgan fingerprint density at radius 3 is 2.44 bits per heavy atom. The standard InChI is InChI=1S/C9H7BrN2O4S.Na.H/c10-7-3-1-6(2-4-7)9-11-8(16-12-9)5-17(13,14)15;;/h1-4H,5H2,(H,13,14,15);;. The Morgan fingerprint density at radius 1 is 1.28 bits per heavy atom. The summed E-state index contributed by atoms with van der Waals surface area (Å²) >= 11 is 3.29. The molecule has 0 saturated heterocycles. The van der Waals surface area contributed by atoms with E-state index in [1.807, 2.05) is 0 Å². The molecule has 92 valence electrons. The molecule has 0 fully saturated rings. The molecule has 9 heteroatoms. The van der Waals surface area contributed by atoms with Gasteiger partial charge in [-0.15, -0.1) is 0 Å². The molecular formula is C9H8BrN2NaO4S. The molecule has 0 aliphatic heterocycles. The number of aromatic nitrogens is 2. The van der Waals surface area contributed by atoms with Crippen molar-refractivity contribution in [3.8, 4) is 11.4 Å². The molecular weight excluding hydrogens is 335 g/mol. The number of rotatable bonds is 3. The summed E-state index contributed by atoms with van der Waals surface area (Å²) < 4.78 is 35.5. The molecule has 1 aromatic carbocycles. The van der Waals surface area contributed by atoms with Crippen LogP contribution in [-0.2, 0) is 15.9 Å². The molecule has 0 amide bonds. The maximum absolute atomic E-state index is 10.6. The molecule has 0 aliphatic rings. The monoisotopic (exact) mass is 342 g/mol. The number of nitrogens with zero attached hydrogens (tertiary/aromatic N) is 2. The van der Waals surface area contributed by atoms with E-state index in [0.717, 1.165) is 4.47 Å². The van der Waals surface area contributed by atoms with Gasteiger partial charge >= 0.3 is 29.6 Å². The summed E-state index contributed by atoms with van der Waals surface area (Å²) in [5.41, 5.74) is 0.693. The van der Waals surface area contributed by atoms with Crippen LogP contribution in [0, 0.1) is 0 Å². The second kappa shape index (κ2) is 6.27. The second-order valence-corrected chi connectivity index (χ2v) is 5.61. The summed E-state index contributed by atoms with van der Waals surface area (Å²) in [5, 5.41) is 3.62. The molecule has 1 heterocycles. The van der Waals surface area contributed by atoms with Crippen molar-refractivity contribution in [1.82, 2.24) is 10.1 Å². The van der Waals surface area contributed by atoms with Crippen LogP contribution in [0.3, 0.4) is 0 Å². The van der Waals surface area contributed by atoms with Gasteiger partial charge in [0.25, 0.3) is 10.1 Å². The fourth-order valence-electron chi connectivity index (χ4n) is 1.19. The molecule has 0 radical (unpaired) electrons. The van der Waals surface area contributed by atoms with Crippen LogP contribution in [0.4, 0.5) is 0 Å². The van der Waals surface area contributed by atoms with E-state index >= 15 is 0 Å². The predicted molar refractivity (Wildman–Crippen MR) is 69.8 cm³/mol. The topological polar surface area (TPSA) is 93.3 Å². The van der Waals surface area contributed by atoms with Gasteiger partial charge in [-0.25, -0.2) is 0 Å². The molecule has 18 heavy (non-hydrogen) atoms. The van der Waals surface area contributed by atoms with Crippen molar-refractivity contribution in [2.24, 2.45) is 0 Å². The molecule has 0 saturated carbocycles. The van der Waals surface area contributed by atoms with E-state index in [0.29, 0.717) is 5.56 Å². The fourth-order valence-corrected chi connectivity index (χ4v) is 1.88. The number of halogens is 1. The van der Waals surface area contributed by atoms with E-state index in [-0.39, 0.29) is 41.3 Å². The first kappa shape index (κ1) is 15.8. The van der Waals surface area contributed by atoms with Gasteiger partial charge in [0, 0.05) is 10.0 Å². The van der Waals surface area contributed by atoms with Crippen molar-refractivity contribution in [3.63, 3.8) is 0 Å². The van der Waals surface area contributed by atoms with Crippen molar-refractivity contribution in [2.45, 2.75) is 5.75 Å². The van der Waals surface area contributed by atoms with Gasteiger partial charge in [-0.3, -0.25) is 4.55 Å². The van der Waals surface area contributed by atoms with Crippen molar-refractivity contribution >= 4 is 55.6 Å². The molecule has 6 nitrogen and oxygen atoms in total. The first-order valence-corrected chi connectivity index (χ1v) is 6.88. The van der Waals surface area contributed by atoms with Gasteiger partial charge < -0.3 is 4.52 Å². The third kappa shape index (κ3) is 4.45. The summed E-state index contributed by atoms with van der Waals surface area (Å²) in [7, 11) is -4.16. The summed E-state index contributed by atoms with van der Waals surface area (Å²) in [4.78, 5) is 3.86. The van der Waals surface area contributed by atoms with E-state index < -0.39 is 15.9 Å². The van der Waals surface area contributed by atoms with Crippen molar-refractivity contribution < 1.29 is 17.5 Å². The summed E-state index contributed by atoms with van der Waals surface area (Å²) in [6.07, 6.45) is 0. The number of hydrogen-bond acceptors (Lipinski definition) is 5. The van der Waals surface area contributed by atoms with Gasteiger partial charge in [0.15, 0.2) is 5.75 Å². The molecule has 1 N–H and O–H groups in total. The maximum atomic E-state index is 10.6. The Labute approximate surface area is 134 Å². The van der Waals surface area contributed by atoms with Crippen LogP contribution in [0.15, 0.2) is 33.3 Å². The van der Waals surface area contributed by atoms with Crippen LogP contribution in [0.5, 0.6) is 0 Å². The van der Waals surface area contributed by atoms with E-state index in [2.05, 4.69) is 26.1 Å². The summed E-state index contributed by atoms with van der Waals surface area (Å²) in [6.45, 7) is 0. The molecule has 1 aromatic heterocycles. The van der Waals surface area contributed by atoms with Gasteiger partial charge in [-0.1, -0.05) is 21.1 Å². The van der Waals surface area contributed by atoms with Crippen LogP contribution >= 0.6 is 15.9 Å². The zero-order valence-electron chi connectivity index (χ0n) is 8.37. The Bertz CT molecular complexity index is 626. The second-order valence-electron chi connectivity index (χ2n) is 3.24. The molecule has 0 spiro atoms. The van der Waals surface area contributed by atoms with Crippen LogP contribution < -0.4 is 0 Å². The van der Waals surface area contributed by atoms with Crippen LogP contribution in [-0.4, -0.2) is 52.7 Å². The van der Waals surface area contributed by atoms with Gasteiger partial charge in [-0.2, -0.15) is 13.4 Å². The van der Waals surface area contributed by atoms with E-state index in [1.165, 1.54) is 0 Å². The normalized spacial score (nSPS) is 11.0. The van der Waals surface area contributed by atoms with Crippen molar-refractivity contribution in [3.05, 3.63) is 34.6 Å². The first-order valence-electron chi connectivity index (χ1n) is 4.48. The number of hydrogen-bond donors (Lipinski definition) is 1. The molecule has 0 atom stereocenters. The van der Waals surface area contributed by atoms with Crippen molar-refractivity contribution in [2.75, 3.05) is 0 Å². The Balaban J connectivity index is 0.00000162. The predicted octanol–water partition coefficient (Wildman–Crippen LogP) is 1.24. The minimum atomic E-state index is -4.16. The van der Waals surface area contributed by atoms with E-state index in [1.54, 1.807) is 24.3 Å². The average Bonchev–Trinajstić information content (AvgIpc) is 2.64. The molecule has 0 unspecified atom stereocenters. The Hall–Kier alpha value is -0.250. The van der Waals surface area contributed by atoms with E-state index in [9.17, 15) is 8.42 Å². The molecule has 0 aliphatic carbocycles. The summed E-state index contributed by atoms with van der Waals surface area (Å²) in [5.74, 6) is -0.558. The van der Waals surface area contributed by atoms with Crippen LogP contribution in [0.2, 0.25) is 0 Å². The fraction of sp³-hybridized carbons (Fsp3) is 0.111. The first-order chi connectivity index (χ1) is 7.94. The quantitative estimate of drug-likeness (QED) is 0.666. The molecule has 2 aromatic rings. The van der Waals surface area contributed by atoms with Gasteiger partial charge in [0.2, 0.25) is 11.7 Å². The Kier molecular flexibility index (Phi) is 5.50. The average molecular weight is 343 g/mol. The number of benzene rings is 1. The summed E-state index contributed by atoms with van der Waals surface area (Å²) in [6, 6.07) is 7.11. The zero-order valence-corrected chi connectivity index (χ0v) is 10.8. The van der Waals surface area contributed by atoms with Gasteiger partial charge in [0.1, 0.15) is 0 Å². The van der Waals surface area contributed by atoms with Crippen LogP contribution in [0.1, 0.15) is 5.89 Å².